The number of rotatable bonds is 2. The second-order valence-corrected chi connectivity index (χ2v) is 5.98. The summed E-state index contributed by atoms with van der Waals surface area (Å²) in [5.41, 5.74) is 1.66. The average molecular weight is 334 g/mol. The molecule has 0 atom stereocenters. The summed E-state index contributed by atoms with van der Waals surface area (Å²) in [6.45, 7) is 0. The predicted molar refractivity (Wildman–Crippen MR) is 95.9 cm³/mol. The van der Waals surface area contributed by atoms with Crippen LogP contribution in [0.2, 0.25) is 5.02 Å². The number of hydrogen-bond donors (Lipinski definition) is 0. The summed E-state index contributed by atoms with van der Waals surface area (Å²) >= 11 is 5.89. The van der Waals surface area contributed by atoms with Gasteiger partial charge in [-0.25, -0.2) is 4.90 Å². The van der Waals surface area contributed by atoms with Crippen molar-refractivity contribution in [2.45, 2.75) is 0 Å². The third kappa shape index (κ3) is 2.30. The van der Waals surface area contributed by atoms with E-state index in [9.17, 15) is 9.59 Å². The molecule has 0 saturated heterocycles. The number of nitrogens with zero attached hydrogens (tertiary/aromatic N) is 1. The molecular formula is C20H12ClNO2. The number of fused-ring (bicyclic) bond motifs is 1. The van der Waals surface area contributed by atoms with Crippen molar-refractivity contribution in [1.29, 1.82) is 0 Å². The molecule has 24 heavy (non-hydrogen) atoms. The molecule has 2 amide bonds. The summed E-state index contributed by atoms with van der Waals surface area (Å²) in [5, 5.41) is 2.44. The SMILES string of the molecule is O=C1C=C(c2ccc(Cl)cc2)C(=O)N1c1cccc2ccccc12. The second-order valence-electron chi connectivity index (χ2n) is 5.54. The van der Waals surface area contributed by atoms with Crippen LogP contribution < -0.4 is 4.90 Å². The number of benzene rings is 3. The highest BCUT2D eigenvalue weighted by Gasteiger charge is 2.33. The van der Waals surface area contributed by atoms with Gasteiger partial charge in [0.15, 0.2) is 0 Å². The molecule has 0 unspecified atom stereocenters. The van der Waals surface area contributed by atoms with Gasteiger partial charge >= 0.3 is 0 Å². The molecule has 3 nitrogen and oxygen atoms in total. The Hall–Kier alpha value is -2.91. The van der Waals surface area contributed by atoms with Crippen LogP contribution in [-0.2, 0) is 9.59 Å². The Kier molecular flexibility index (Phi) is 3.44. The second kappa shape index (κ2) is 5.62. The summed E-state index contributed by atoms with van der Waals surface area (Å²) in [4.78, 5) is 26.6. The Morgan fingerprint density at radius 3 is 2.29 bits per heavy atom. The molecule has 0 spiro atoms. The van der Waals surface area contributed by atoms with Crippen LogP contribution in [-0.4, -0.2) is 11.8 Å². The quantitative estimate of drug-likeness (QED) is 0.650. The third-order valence-electron chi connectivity index (χ3n) is 4.08. The third-order valence-corrected chi connectivity index (χ3v) is 4.34. The van der Waals surface area contributed by atoms with Gasteiger partial charge in [0.05, 0.1) is 11.3 Å². The molecule has 0 aliphatic carbocycles. The van der Waals surface area contributed by atoms with Crippen molar-refractivity contribution in [3.63, 3.8) is 0 Å². The fraction of sp³-hybridized carbons (Fsp3) is 0. The Morgan fingerprint density at radius 2 is 1.50 bits per heavy atom. The Bertz CT molecular complexity index is 1000. The highest BCUT2D eigenvalue weighted by molar-refractivity contribution is 6.44. The first-order chi connectivity index (χ1) is 11.6. The fourth-order valence-electron chi connectivity index (χ4n) is 2.94. The lowest BCUT2D eigenvalue weighted by Crippen LogP contribution is -2.30. The van der Waals surface area contributed by atoms with E-state index >= 15 is 0 Å². The number of carbonyl (C=O) groups is 2. The molecule has 3 aromatic carbocycles. The highest BCUT2D eigenvalue weighted by atomic mass is 35.5. The number of anilines is 1. The first-order valence-corrected chi connectivity index (χ1v) is 7.87. The molecule has 0 bridgehead atoms. The zero-order valence-corrected chi connectivity index (χ0v) is 13.3. The van der Waals surface area contributed by atoms with Crippen molar-refractivity contribution in [3.05, 3.63) is 83.4 Å². The molecule has 1 heterocycles. The lowest BCUT2D eigenvalue weighted by molar-refractivity contribution is -0.119. The fourth-order valence-corrected chi connectivity index (χ4v) is 3.06. The molecule has 0 fully saturated rings. The largest absolute Gasteiger partial charge is 0.269 e. The van der Waals surface area contributed by atoms with Gasteiger partial charge in [0.25, 0.3) is 11.8 Å². The summed E-state index contributed by atoms with van der Waals surface area (Å²) < 4.78 is 0. The molecule has 0 radical (unpaired) electrons. The molecule has 1 aliphatic heterocycles. The van der Waals surface area contributed by atoms with Crippen molar-refractivity contribution < 1.29 is 9.59 Å². The van der Waals surface area contributed by atoms with Gasteiger partial charge in [0.1, 0.15) is 0 Å². The lowest BCUT2D eigenvalue weighted by Gasteiger charge is -2.17. The summed E-state index contributed by atoms with van der Waals surface area (Å²) in [6, 6.07) is 20.2. The maximum Gasteiger partial charge on any atom is 0.266 e. The van der Waals surface area contributed by atoms with Gasteiger partial charge in [-0.15, -0.1) is 0 Å². The maximum atomic E-state index is 12.8. The van der Waals surface area contributed by atoms with E-state index in [0.717, 1.165) is 10.8 Å². The van der Waals surface area contributed by atoms with Crippen molar-refractivity contribution in [3.8, 4) is 0 Å². The van der Waals surface area contributed by atoms with E-state index in [1.807, 2.05) is 36.4 Å². The van der Waals surface area contributed by atoms with Gasteiger partial charge in [-0.05, 0) is 29.1 Å². The number of imide groups is 1. The van der Waals surface area contributed by atoms with Gasteiger partial charge in [0.2, 0.25) is 0 Å². The molecule has 1 aliphatic rings. The minimum atomic E-state index is -0.332. The normalized spacial score (nSPS) is 14.4. The molecule has 4 heteroatoms. The summed E-state index contributed by atoms with van der Waals surface area (Å²) in [6.07, 6.45) is 1.38. The number of hydrogen-bond acceptors (Lipinski definition) is 2. The first kappa shape index (κ1) is 14.7. The Labute approximate surface area is 143 Å². The monoisotopic (exact) mass is 333 g/mol. The van der Waals surface area contributed by atoms with E-state index < -0.39 is 0 Å². The Balaban J connectivity index is 1.80. The van der Waals surface area contributed by atoms with Crippen LogP contribution in [0.4, 0.5) is 5.69 Å². The summed E-state index contributed by atoms with van der Waals surface area (Å²) in [5.74, 6) is -0.653. The first-order valence-electron chi connectivity index (χ1n) is 7.49. The standard InChI is InChI=1S/C20H12ClNO2/c21-15-10-8-14(9-11-15)17-12-19(23)22(20(17)24)18-7-3-5-13-4-1-2-6-16(13)18/h1-12H. The Morgan fingerprint density at radius 1 is 0.792 bits per heavy atom. The minimum absolute atomic E-state index is 0.321. The zero-order chi connectivity index (χ0) is 16.7. The van der Waals surface area contributed by atoms with Gasteiger partial charge in [-0.1, -0.05) is 60.1 Å². The van der Waals surface area contributed by atoms with Crippen LogP contribution in [0, 0.1) is 0 Å². The molecule has 0 saturated carbocycles. The van der Waals surface area contributed by atoms with Crippen molar-refractivity contribution in [2.75, 3.05) is 4.90 Å². The topological polar surface area (TPSA) is 37.4 Å². The van der Waals surface area contributed by atoms with Crippen molar-refractivity contribution in [2.24, 2.45) is 0 Å². The van der Waals surface area contributed by atoms with Crippen molar-refractivity contribution in [1.82, 2.24) is 0 Å². The van der Waals surface area contributed by atoms with E-state index in [2.05, 4.69) is 0 Å². The van der Waals surface area contributed by atoms with Crippen LogP contribution in [0.3, 0.4) is 0 Å². The van der Waals surface area contributed by atoms with Crippen LogP contribution in [0.1, 0.15) is 5.56 Å². The molecule has 0 aromatic heterocycles. The number of halogens is 1. The number of amides is 2. The zero-order valence-electron chi connectivity index (χ0n) is 12.6. The molecule has 116 valence electrons. The van der Waals surface area contributed by atoms with E-state index in [4.69, 9.17) is 11.6 Å². The molecule has 3 aromatic rings. The van der Waals surface area contributed by atoms with E-state index in [-0.39, 0.29) is 11.8 Å². The van der Waals surface area contributed by atoms with Gasteiger partial charge in [-0.3, -0.25) is 9.59 Å². The molecule has 4 rings (SSSR count). The van der Waals surface area contributed by atoms with Crippen LogP contribution >= 0.6 is 11.6 Å². The maximum absolute atomic E-state index is 12.8. The van der Waals surface area contributed by atoms with E-state index in [1.165, 1.54) is 11.0 Å². The average Bonchev–Trinajstić information content (AvgIpc) is 2.90. The van der Waals surface area contributed by atoms with Crippen LogP contribution in [0.15, 0.2) is 72.8 Å². The van der Waals surface area contributed by atoms with E-state index in [0.29, 0.717) is 21.8 Å². The molecule has 0 N–H and O–H groups in total. The minimum Gasteiger partial charge on any atom is -0.269 e. The summed E-state index contributed by atoms with van der Waals surface area (Å²) in [7, 11) is 0. The van der Waals surface area contributed by atoms with Gasteiger partial charge < -0.3 is 0 Å². The highest BCUT2D eigenvalue weighted by Crippen LogP contribution is 2.33. The van der Waals surface area contributed by atoms with Crippen LogP contribution in [0.25, 0.3) is 16.3 Å². The van der Waals surface area contributed by atoms with Crippen molar-refractivity contribution >= 4 is 45.4 Å². The van der Waals surface area contributed by atoms with Gasteiger partial charge in [-0.2, -0.15) is 0 Å². The van der Waals surface area contributed by atoms with Crippen LogP contribution in [0.5, 0.6) is 0 Å². The van der Waals surface area contributed by atoms with Gasteiger partial charge in [0, 0.05) is 16.5 Å². The van der Waals surface area contributed by atoms with E-state index in [1.54, 1.807) is 30.3 Å². The smallest absolute Gasteiger partial charge is 0.266 e. The molecular weight excluding hydrogens is 322 g/mol. The number of carbonyl (C=O) groups excluding carboxylic acids is 2. The lowest BCUT2D eigenvalue weighted by atomic mass is 10.1. The predicted octanol–water partition coefficient (Wildman–Crippen LogP) is 4.45.